The molecule has 1 amide bonds. The van der Waals surface area contributed by atoms with Gasteiger partial charge in [-0.15, -0.1) is 0 Å². The van der Waals surface area contributed by atoms with Gasteiger partial charge in [-0.05, 0) is 77.0 Å². The van der Waals surface area contributed by atoms with Crippen LogP contribution in [0.15, 0.2) is 97.2 Å². The molecule has 0 bridgehead atoms. The molecule has 2 atom stereocenters. The summed E-state index contributed by atoms with van der Waals surface area (Å²) in [4.78, 5) is 12.5. The zero-order valence-electron chi connectivity index (χ0n) is 45.8. The molecule has 0 saturated heterocycles. The van der Waals surface area contributed by atoms with Crippen LogP contribution in [-0.4, -0.2) is 34.9 Å². The molecule has 0 aliphatic heterocycles. The SMILES string of the molecule is CC/C=C\C/C=C\C/C=C\C/C=C\C/C=C\C/C=C\C/C=C\C/C=C\CCCCCCCCCCCCCCCCC(=O)NC(CO)C(O)CCCCCCCCCCCCCCCCCCCC. The highest BCUT2D eigenvalue weighted by Crippen LogP contribution is 2.17. The van der Waals surface area contributed by atoms with Gasteiger partial charge in [0.25, 0.3) is 0 Å². The first-order valence-electron chi connectivity index (χ1n) is 29.9. The van der Waals surface area contributed by atoms with Crippen LogP contribution in [0.4, 0.5) is 0 Å². The van der Waals surface area contributed by atoms with Crippen molar-refractivity contribution in [1.82, 2.24) is 5.32 Å². The number of amides is 1. The Bertz CT molecular complexity index is 1270. The van der Waals surface area contributed by atoms with Gasteiger partial charge in [0.1, 0.15) is 0 Å². The van der Waals surface area contributed by atoms with Crippen molar-refractivity contribution in [1.29, 1.82) is 0 Å². The van der Waals surface area contributed by atoms with Crippen LogP contribution in [0, 0.1) is 0 Å². The van der Waals surface area contributed by atoms with Gasteiger partial charge in [-0.25, -0.2) is 0 Å². The third-order valence-corrected chi connectivity index (χ3v) is 13.4. The number of aliphatic hydroxyl groups is 2. The predicted molar refractivity (Wildman–Crippen MR) is 308 cm³/mol. The summed E-state index contributed by atoms with van der Waals surface area (Å²) in [6.45, 7) is 4.26. The number of allylic oxidation sites excluding steroid dienone is 16. The van der Waals surface area contributed by atoms with Crippen molar-refractivity contribution in [3.05, 3.63) is 97.2 Å². The Kier molecular flexibility index (Phi) is 57.3. The van der Waals surface area contributed by atoms with E-state index < -0.39 is 12.1 Å². The highest BCUT2D eigenvalue weighted by atomic mass is 16.3. The molecule has 0 aliphatic rings. The molecule has 4 heteroatoms. The van der Waals surface area contributed by atoms with Crippen LogP contribution in [0.2, 0.25) is 0 Å². The summed E-state index contributed by atoms with van der Waals surface area (Å²) in [7, 11) is 0. The van der Waals surface area contributed by atoms with Crippen molar-refractivity contribution in [2.45, 2.75) is 302 Å². The molecule has 0 aromatic carbocycles. The molecule has 2 unspecified atom stereocenters. The Labute approximate surface area is 430 Å². The van der Waals surface area contributed by atoms with Crippen molar-refractivity contribution in [2.24, 2.45) is 0 Å². The van der Waals surface area contributed by atoms with Crippen LogP contribution in [0.1, 0.15) is 290 Å². The Morgan fingerprint density at radius 2 is 0.638 bits per heavy atom. The van der Waals surface area contributed by atoms with E-state index in [1.165, 1.54) is 186 Å². The summed E-state index contributed by atoms with van der Waals surface area (Å²) in [6.07, 6.45) is 88.3. The Balaban J connectivity index is 3.51. The highest BCUT2D eigenvalue weighted by Gasteiger charge is 2.20. The number of hydrogen-bond acceptors (Lipinski definition) is 3. The van der Waals surface area contributed by atoms with Gasteiger partial charge >= 0.3 is 0 Å². The fraction of sp³-hybridized carbons (Fsp3) is 0.738. The van der Waals surface area contributed by atoms with Crippen molar-refractivity contribution < 1.29 is 15.0 Å². The summed E-state index contributed by atoms with van der Waals surface area (Å²) in [5, 5.41) is 23.3. The average Bonchev–Trinajstić information content (AvgIpc) is 3.35. The molecule has 0 heterocycles. The summed E-state index contributed by atoms with van der Waals surface area (Å²) < 4.78 is 0. The molecule has 4 nitrogen and oxygen atoms in total. The summed E-state index contributed by atoms with van der Waals surface area (Å²) in [5.41, 5.74) is 0. The molecule has 0 rings (SSSR count). The van der Waals surface area contributed by atoms with Gasteiger partial charge in [0.05, 0.1) is 18.8 Å². The van der Waals surface area contributed by atoms with E-state index in [1.807, 2.05) is 0 Å². The number of carbonyl (C=O) groups excluding carboxylic acids is 1. The number of unbranched alkanes of at least 4 members (excludes halogenated alkanes) is 31. The van der Waals surface area contributed by atoms with E-state index in [-0.39, 0.29) is 12.5 Å². The Morgan fingerprint density at radius 1 is 0.362 bits per heavy atom. The first kappa shape index (κ1) is 66.3. The van der Waals surface area contributed by atoms with Crippen molar-refractivity contribution in [2.75, 3.05) is 6.61 Å². The molecule has 0 aromatic rings. The standard InChI is InChI=1S/C65H115NO3/c1-3-5-7-9-11-13-15-17-19-21-23-24-25-26-27-28-29-30-31-32-33-34-35-36-37-38-39-40-41-42-43-45-47-49-51-53-55-57-59-61-65(69)66-63(62-67)64(68)60-58-56-54-52-50-48-46-44-22-20-18-16-14-12-10-8-6-4-2/h5,7,11,13,17,19,23-24,26-27,29-30,32-33,35-36,63-64,67-68H,3-4,6,8-10,12,14-16,18,20-22,25,28,31,34,37-62H2,1-2H3,(H,66,69)/b7-5-,13-11-,19-17-,24-23-,27-26-,30-29-,33-32-,36-35-. The number of rotatable bonds is 54. The van der Waals surface area contributed by atoms with Crippen molar-refractivity contribution in [3.63, 3.8) is 0 Å². The molecular formula is C65H115NO3. The molecular weight excluding hydrogens is 843 g/mol. The molecule has 0 saturated carbocycles. The molecule has 0 spiro atoms. The fourth-order valence-electron chi connectivity index (χ4n) is 8.85. The van der Waals surface area contributed by atoms with E-state index in [2.05, 4.69) is 116 Å². The number of nitrogens with one attached hydrogen (secondary N) is 1. The zero-order chi connectivity index (χ0) is 49.9. The molecule has 0 fully saturated rings. The summed E-state index contributed by atoms with van der Waals surface area (Å²) >= 11 is 0. The van der Waals surface area contributed by atoms with Gasteiger partial charge in [-0.2, -0.15) is 0 Å². The number of hydrogen-bond donors (Lipinski definition) is 3. The van der Waals surface area contributed by atoms with E-state index in [0.717, 1.165) is 77.0 Å². The second-order valence-corrected chi connectivity index (χ2v) is 20.0. The second-order valence-electron chi connectivity index (χ2n) is 20.0. The maximum absolute atomic E-state index is 12.5. The fourth-order valence-corrected chi connectivity index (χ4v) is 8.85. The van der Waals surface area contributed by atoms with Crippen LogP contribution in [0.25, 0.3) is 0 Å². The lowest BCUT2D eigenvalue weighted by molar-refractivity contribution is -0.123. The molecule has 0 radical (unpaired) electrons. The highest BCUT2D eigenvalue weighted by molar-refractivity contribution is 5.76. The molecule has 0 aromatic heterocycles. The van der Waals surface area contributed by atoms with Gasteiger partial charge in [0.15, 0.2) is 0 Å². The third-order valence-electron chi connectivity index (χ3n) is 13.4. The lowest BCUT2D eigenvalue weighted by Crippen LogP contribution is -2.45. The number of carbonyl (C=O) groups is 1. The van der Waals surface area contributed by atoms with Crippen LogP contribution < -0.4 is 5.32 Å². The van der Waals surface area contributed by atoms with E-state index in [4.69, 9.17) is 0 Å². The van der Waals surface area contributed by atoms with Gasteiger partial charge in [0.2, 0.25) is 5.91 Å². The topological polar surface area (TPSA) is 69.6 Å². The van der Waals surface area contributed by atoms with E-state index in [1.54, 1.807) is 0 Å². The van der Waals surface area contributed by atoms with E-state index in [9.17, 15) is 15.0 Å². The molecule has 3 N–H and O–H groups in total. The van der Waals surface area contributed by atoms with Gasteiger partial charge in [-0.3, -0.25) is 4.79 Å². The largest absolute Gasteiger partial charge is 0.394 e. The Hall–Kier alpha value is -2.69. The van der Waals surface area contributed by atoms with Crippen molar-refractivity contribution >= 4 is 5.91 Å². The van der Waals surface area contributed by atoms with Crippen LogP contribution in [0.5, 0.6) is 0 Å². The van der Waals surface area contributed by atoms with Gasteiger partial charge in [-0.1, -0.05) is 304 Å². The maximum atomic E-state index is 12.5. The second kappa shape index (κ2) is 59.6. The summed E-state index contributed by atoms with van der Waals surface area (Å²) in [5.74, 6) is -0.0323. The predicted octanol–water partition coefficient (Wildman–Crippen LogP) is 20.1. The third kappa shape index (κ3) is 56.1. The normalized spacial score (nSPS) is 13.5. The molecule has 0 aliphatic carbocycles. The lowest BCUT2D eigenvalue weighted by Gasteiger charge is -2.22. The number of aliphatic hydroxyl groups excluding tert-OH is 2. The van der Waals surface area contributed by atoms with Crippen LogP contribution in [-0.2, 0) is 4.79 Å². The Morgan fingerprint density at radius 3 is 0.957 bits per heavy atom. The maximum Gasteiger partial charge on any atom is 0.220 e. The minimum atomic E-state index is -0.664. The van der Waals surface area contributed by atoms with Crippen LogP contribution >= 0.6 is 0 Å². The van der Waals surface area contributed by atoms with E-state index in [0.29, 0.717) is 12.8 Å². The van der Waals surface area contributed by atoms with Crippen LogP contribution in [0.3, 0.4) is 0 Å². The minimum absolute atomic E-state index is 0.0323. The molecule has 69 heavy (non-hydrogen) atoms. The lowest BCUT2D eigenvalue weighted by atomic mass is 10.0. The first-order valence-corrected chi connectivity index (χ1v) is 29.9. The van der Waals surface area contributed by atoms with Crippen molar-refractivity contribution in [3.8, 4) is 0 Å². The smallest absolute Gasteiger partial charge is 0.220 e. The summed E-state index contributed by atoms with van der Waals surface area (Å²) in [6, 6.07) is -0.541. The minimum Gasteiger partial charge on any atom is -0.394 e. The zero-order valence-corrected chi connectivity index (χ0v) is 45.8. The molecule has 398 valence electrons. The van der Waals surface area contributed by atoms with E-state index >= 15 is 0 Å². The first-order chi connectivity index (χ1) is 34.2. The van der Waals surface area contributed by atoms with Gasteiger partial charge in [0, 0.05) is 6.42 Å². The quantitative estimate of drug-likeness (QED) is 0.0420. The monoisotopic (exact) mass is 958 g/mol. The van der Waals surface area contributed by atoms with Gasteiger partial charge < -0.3 is 15.5 Å². The average molecular weight is 959 g/mol.